The summed E-state index contributed by atoms with van der Waals surface area (Å²) >= 11 is 0. The van der Waals surface area contributed by atoms with E-state index < -0.39 is 30.5 Å². The Balaban J connectivity index is -0.0000000625. The van der Waals surface area contributed by atoms with Crippen LogP contribution in [0.1, 0.15) is 47.5 Å². The molecule has 0 aliphatic carbocycles. The molecule has 3 atom stereocenters. The third-order valence-corrected chi connectivity index (χ3v) is 2.89. The summed E-state index contributed by atoms with van der Waals surface area (Å²) in [6.07, 6.45) is -1.53. The molecule has 0 aromatic rings. The third kappa shape index (κ3) is 58.7. The van der Waals surface area contributed by atoms with Crippen LogP contribution in [0.2, 0.25) is 0 Å². The summed E-state index contributed by atoms with van der Waals surface area (Å²) in [6, 6.07) is 0. The van der Waals surface area contributed by atoms with Gasteiger partial charge < -0.3 is 61.3 Å². The lowest BCUT2D eigenvalue weighted by atomic mass is 10.3. The highest BCUT2D eigenvalue weighted by molar-refractivity contribution is 4.45. The van der Waals surface area contributed by atoms with Gasteiger partial charge in [0.15, 0.2) is 0 Å². The predicted molar refractivity (Wildman–Crippen MR) is 117 cm³/mol. The van der Waals surface area contributed by atoms with Crippen molar-refractivity contribution in [1.82, 2.24) is 0 Å². The number of hydrogen-bond donors (Lipinski definition) is 12. The second kappa shape index (κ2) is 39.9. The molecule has 12 nitrogen and oxygen atoms in total. The van der Waals surface area contributed by atoms with Crippen molar-refractivity contribution in [1.29, 1.82) is 0 Å². The van der Waals surface area contributed by atoms with Crippen LogP contribution >= 0.6 is 0 Å². The van der Waals surface area contributed by atoms with Crippen LogP contribution in [0.15, 0.2) is 0 Å². The minimum absolute atomic E-state index is 0. The predicted octanol–water partition coefficient (Wildman–Crippen LogP) is -3.45. The van der Waals surface area contributed by atoms with Crippen molar-refractivity contribution in [2.24, 2.45) is 0 Å². The minimum atomic E-state index is -0.954. The minimum Gasteiger partial charge on any atom is -0.394 e. The molecule has 198 valence electrons. The Hall–Kier alpha value is -0.480. The highest BCUT2D eigenvalue weighted by atomic mass is 16.4. The van der Waals surface area contributed by atoms with Crippen molar-refractivity contribution >= 4 is 0 Å². The summed E-state index contributed by atoms with van der Waals surface area (Å²) in [5.74, 6) is 0. The first-order valence-corrected chi connectivity index (χ1v) is 9.71. The molecule has 0 bridgehead atoms. The first-order chi connectivity index (χ1) is 14.0. The average Bonchev–Trinajstić information content (AvgIpc) is 2.82. The highest BCUT2D eigenvalue weighted by Gasteiger charge is 1.95. The molecular formula is C19H50O12. The van der Waals surface area contributed by atoms with E-state index in [0.29, 0.717) is 19.3 Å². The fourth-order valence-electron chi connectivity index (χ4n) is 0.503. The zero-order chi connectivity index (χ0) is 25.0. The summed E-state index contributed by atoms with van der Waals surface area (Å²) < 4.78 is 0. The van der Waals surface area contributed by atoms with E-state index in [1.54, 1.807) is 0 Å². The van der Waals surface area contributed by atoms with Crippen LogP contribution in [0.3, 0.4) is 0 Å². The zero-order valence-corrected chi connectivity index (χ0v) is 18.3. The van der Waals surface area contributed by atoms with Gasteiger partial charge in [-0.05, 0) is 19.3 Å². The van der Waals surface area contributed by atoms with Gasteiger partial charge in [-0.15, -0.1) is 0 Å². The van der Waals surface area contributed by atoms with E-state index in [1.807, 2.05) is 20.8 Å². The topological polar surface area (TPSA) is 243 Å². The second-order valence-corrected chi connectivity index (χ2v) is 5.77. The van der Waals surface area contributed by atoms with Crippen LogP contribution < -0.4 is 0 Å². The van der Waals surface area contributed by atoms with E-state index in [4.69, 9.17) is 61.3 Å². The van der Waals surface area contributed by atoms with Crippen molar-refractivity contribution in [3.05, 3.63) is 0 Å². The smallest absolute Gasteiger partial charge is 0.100 e. The molecule has 0 radical (unpaired) electrons. The van der Waals surface area contributed by atoms with Crippen molar-refractivity contribution < 1.29 is 61.3 Å². The lowest BCUT2D eigenvalue weighted by molar-refractivity contribution is 0.0450. The molecule has 0 rings (SSSR count). The second-order valence-electron chi connectivity index (χ2n) is 5.77. The Kier molecular flexibility index (Phi) is 57.0. The van der Waals surface area contributed by atoms with Gasteiger partial charge in [-0.1, -0.05) is 28.2 Å². The summed E-state index contributed by atoms with van der Waals surface area (Å²) in [5, 5.41) is 97.5. The summed E-state index contributed by atoms with van der Waals surface area (Å²) in [5.41, 5.74) is 0. The Morgan fingerprint density at radius 2 is 0.484 bits per heavy atom. The Morgan fingerprint density at radius 1 is 0.355 bits per heavy atom. The zero-order valence-electron chi connectivity index (χ0n) is 18.3. The molecule has 0 aromatic carbocycles. The van der Waals surface area contributed by atoms with Gasteiger partial charge >= 0.3 is 0 Å². The van der Waals surface area contributed by atoms with E-state index in [-0.39, 0.29) is 53.7 Å². The van der Waals surface area contributed by atoms with Crippen molar-refractivity contribution in [3.63, 3.8) is 0 Å². The molecule has 0 saturated carbocycles. The molecule has 0 aliphatic rings. The fraction of sp³-hybridized carbons (Fsp3) is 1.00. The summed E-state index contributed by atoms with van der Waals surface area (Å²) in [7, 11) is 0. The molecule has 0 aliphatic heterocycles. The van der Waals surface area contributed by atoms with Crippen LogP contribution in [0, 0.1) is 0 Å². The highest BCUT2D eigenvalue weighted by Crippen LogP contribution is 1.84. The maximum atomic E-state index is 8.42. The first kappa shape index (κ1) is 44.2. The summed E-state index contributed by atoms with van der Waals surface area (Å²) in [4.78, 5) is 0. The van der Waals surface area contributed by atoms with E-state index in [0.717, 1.165) is 0 Å². The molecule has 12 heteroatoms. The molecule has 0 heterocycles. The maximum absolute atomic E-state index is 8.42. The SMILES string of the molecule is C.CCC(O)CO.CCC(O)CO.CCC(O)CO.OCC(O)CO.OCC(O)CO. The van der Waals surface area contributed by atoms with Crippen molar-refractivity contribution in [2.75, 3.05) is 46.2 Å². The lowest BCUT2D eigenvalue weighted by Gasteiger charge is -1.97. The average molecular weight is 471 g/mol. The van der Waals surface area contributed by atoms with Gasteiger partial charge in [0.2, 0.25) is 0 Å². The van der Waals surface area contributed by atoms with E-state index in [2.05, 4.69) is 0 Å². The monoisotopic (exact) mass is 470 g/mol. The van der Waals surface area contributed by atoms with Crippen LogP contribution in [0.4, 0.5) is 0 Å². The van der Waals surface area contributed by atoms with Crippen LogP contribution in [-0.4, -0.2) is 138 Å². The molecule has 12 N–H and O–H groups in total. The standard InChI is InChI=1S/3C4H10O2.2C3H8O3.CH4/c3*1-2-4(6)3-5;2*4-1-3(6)2-5;/h3*4-6H,2-3H2,1H3;2*3-6H,1-2H2;1H4. The van der Waals surface area contributed by atoms with Gasteiger partial charge in [0.1, 0.15) is 12.2 Å². The van der Waals surface area contributed by atoms with Crippen LogP contribution in [0.5, 0.6) is 0 Å². The number of aliphatic hydroxyl groups is 12. The third-order valence-electron chi connectivity index (χ3n) is 2.89. The molecule has 0 amide bonds. The molecule has 0 fully saturated rings. The Morgan fingerprint density at radius 3 is 0.484 bits per heavy atom. The fourth-order valence-corrected chi connectivity index (χ4v) is 0.503. The Labute approximate surface area is 186 Å². The molecular weight excluding hydrogens is 420 g/mol. The van der Waals surface area contributed by atoms with Crippen molar-refractivity contribution in [2.45, 2.75) is 78.0 Å². The van der Waals surface area contributed by atoms with E-state index in [1.165, 1.54) is 0 Å². The number of rotatable bonds is 10. The quantitative estimate of drug-likeness (QED) is 0.149. The molecule has 0 aromatic heterocycles. The molecule has 0 saturated heterocycles. The van der Waals surface area contributed by atoms with Gasteiger partial charge in [-0.3, -0.25) is 0 Å². The van der Waals surface area contributed by atoms with Crippen LogP contribution in [0.25, 0.3) is 0 Å². The largest absolute Gasteiger partial charge is 0.394 e. The summed E-state index contributed by atoms with van der Waals surface area (Å²) in [6.45, 7) is 3.66. The van der Waals surface area contributed by atoms with E-state index >= 15 is 0 Å². The number of hydrogen-bond acceptors (Lipinski definition) is 12. The lowest BCUT2D eigenvalue weighted by Crippen LogP contribution is -2.15. The molecule has 31 heavy (non-hydrogen) atoms. The van der Waals surface area contributed by atoms with Crippen LogP contribution in [-0.2, 0) is 0 Å². The number of aliphatic hydroxyl groups excluding tert-OH is 12. The van der Waals surface area contributed by atoms with Gasteiger partial charge in [-0.2, -0.15) is 0 Å². The molecule has 0 spiro atoms. The normalized spacial score (nSPS) is 12.3. The van der Waals surface area contributed by atoms with Gasteiger partial charge in [0.05, 0.1) is 64.6 Å². The van der Waals surface area contributed by atoms with Gasteiger partial charge in [0, 0.05) is 0 Å². The molecule has 3 unspecified atom stereocenters. The maximum Gasteiger partial charge on any atom is 0.100 e. The van der Waals surface area contributed by atoms with Gasteiger partial charge in [-0.25, -0.2) is 0 Å². The Bertz CT molecular complexity index is 184. The van der Waals surface area contributed by atoms with Crippen molar-refractivity contribution in [3.8, 4) is 0 Å². The van der Waals surface area contributed by atoms with Gasteiger partial charge in [0.25, 0.3) is 0 Å². The van der Waals surface area contributed by atoms with E-state index in [9.17, 15) is 0 Å². The first-order valence-electron chi connectivity index (χ1n) is 9.71.